The number of carbonyl (C=O) groups excluding carboxylic acids is 2. The Balaban J connectivity index is 1.99. The highest BCUT2D eigenvalue weighted by atomic mass is 16.6. The van der Waals surface area contributed by atoms with Crippen molar-refractivity contribution in [3.8, 4) is 5.75 Å². The Hall–Kier alpha value is -2.76. The number of methoxy groups -OCH3 is 1. The number of benzene rings is 1. The Morgan fingerprint density at radius 1 is 1.25 bits per heavy atom. The second-order valence-electron chi connectivity index (χ2n) is 3.82. The van der Waals surface area contributed by atoms with Gasteiger partial charge in [-0.3, -0.25) is 4.79 Å². The normalized spacial score (nSPS) is 9.85. The van der Waals surface area contributed by atoms with Crippen LogP contribution in [0.5, 0.6) is 5.75 Å². The monoisotopic (exact) mass is 275 g/mol. The Labute approximate surface area is 115 Å². The fraction of sp³-hybridized carbons (Fsp3) is 0.143. The molecule has 0 saturated carbocycles. The van der Waals surface area contributed by atoms with Crippen LogP contribution in [0.1, 0.15) is 10.6 Å². The standard InChI is InChI=1S/C14H13NO5/c1-18-13(16)9-20-11-5-2-4-10(8-11)15-14(17)12-6-3-7-19-12/h2-8H,9H2,1H3,(H,15,17). The van der Waals surface area contributed by atoms with E-state index in [1.165, 1.54) is 13.4 Å². The lowest BCUT2D eigenvalue weighted by molar-refractivity contribution is -0.142. The predicted octanol–water partition coefficient (Wildman–Crippen LogP) is 2.08. The van der Waals surface area contributed by atoms with E-state index in [4.69, 9.17) is 9.15 Å². The van der Waals surface area contributed by atoms with Crippen LogP contribution in [0, 0.1) is 0 Å². The molecule has 1 heterocycles. The van der Waals surface area contributed by atoms with Gasteiger partial charge in [0.2, 0.25) is 0 Å². The Morgan fingerprint density at radius 2 is 2.10 bits per heavy atom. The van der Waals surface area contributed by atoms with Gasteiger partial charge in [0.25, 0.3) is 5.91 Å². The van der Waals surface area contributed by atoms with Crippen molar-refractivity contribution >= 4 is 17.6 Å². The number of ether oxygens (including phenoxy) is 2. The summed E-state index contributed by atoms with van der Waals surface area (Å²) >= 11 is 0. The molecular formula is C14H13NO5. The average Bonchev–Trinajstić information content (AvgIpc) is 2.99. The number of carbonyl (C=O) groups is 2. The number of rotatable bonds is 5. The molecule has 0 bridgehead atoms. The van der Waals surface area contributed by atoms with Crippen LogP contribution in [0.4, 0.5) is 5.69 Å². The van der Waals surface area contributed by atoms with E-state index < -0.39 is 5.97 Å². The highest BCUT2D eigenvalue weighted by Crippen LogP contribution is 2.18. The lowest BCUT2D eigenvalue weighted by Crippen LogP contribution is -2.13. The number of furan rings is 1. The Kier molecular flexibility index (Phi) is 4.39. The first-order valence-electron chi connectivity index (χ1n) is 5.83. The molecule has 6 nitrogen and oxygen atoms in total. The van der Waals surface area contributed by atoms with Crippen molar-refractivity contribution in [2.45, 2.75) is 0 Å². The molecular weight excluding hydrogens is 262 g/mol. The minimum Gasteiger partial charge on any atom is -0.482 e. The number of hydrogen-bond donors (Lipinski definition) is 1. The molecule has 0 saturated heterocycles. The summed E-state index contributed by atoms with van der Waals surface area (Å²) in [5.74, 6) is -0.173. The van der Waals surface area contributed by atoms with Crippen LogP contribution in [0.15, 0.2) is 47.1 Å². The summed E-state index contributed by atoms with van der Waals surface area (Å²) in [6.07, 6.45) is 1.42. The van der Waals surface area contributed by atoms with Gasteiger partial charge in [-0.1, -0.05) is 6.07 Å². The second kappa shape index (κ2) is 6.42. The van der Waals surface area contributed by atoms with Crippen molar-refractivity contribution in [3.05, 3.63) is 48.4 Å². The van der Waals surface area contributed by atoms with Crippen molar-refractivity contribution in [1.82, 2.24) is 0 Å². The first-order chi connectivity index (χ1) is 9.69. The zero-order valence-corrected chi connectivity index (χ0v) is 10.8. The van der Waals surface area contributed by atoms with Gasteiger partial charge in [0.15, 0.2) is 12.4 Å². The summed E-state index contributed by atoms with van der Waals surface area (Å²) in [6, 6.07) is 9.86. The number of hydrogen-bond acceptors (Lipinski definition) is 5. The highest BCUT2D eigenvalue weighted by molar-refractivity contribution is 6.02. The minimum atomic E-state index is -0.477. The first kappa shape index (κ1) is 13.7. The number of anilines is 1. The maximum absolute atomic E-state index is 11.8. The van der Waals surface area contributed by atoms with Gasteiger partial charge in [-0.05, 0) is 24.3 Å². The zero-order valence-electron chi connectivity index (χ0n) is 10.8. The van der Waals surface area contributed by atoms with Gasteiger partial charge in [-0.25, -0.2) is 4.79 Å². The molecule has 0 aliphatic rings. The molecule has 1 aromatic carbocycles. The van der Waals surface area contributed by atoms with Crippen LogP contribution in [0.3, 0.4) is 0 Å². The SMILES string of the molecule is COC(=O)COc1cccc(NC(=O)c2ccco2)c1. The van der Waals surface area contributed by atoms with E-state index in [-0.39, 0.29) is 18.3 Å². The van der Waals surface area contributed by atoms with Crippen LogP contribution in [0.2, 0.25) is 0 Å². The quantitative estimate of drug-likeness (QED) is 0.845. The molecule has 1 N–H and O–H groups in total. The lowest BCUT2D eigenvalue weighted by Gasteiger charge is -2.07. The van der Waals surface area contributed by atoms with Crippen molar-refractivity contribution in [2.24, 2.45) is 0 Å². The van der Waals surface area contributed by atoms with Gasteiger partial charge < -0.3 is 19.2 Å². The topological polar surface area (TPSA) is 77.8 Å². The average molecular weight is 275 g/mol. The number of nitrogens with one attached hydrogen (secondary N) is 1. The Morgan fingerprint density at radius 3 is 2.80 bits per heavy atom. The van der Waals surface area contributed by atoms with Crippen molar-refractivity contribution in [1.29, 1.82) is 0 Å². The predicted molar refractivity (Wildman–Crippen MR) is 70.6 cm³/mol. The maximum atomic E-state index is 11.8. The number of amides is 1. The molecule has 0 aliphatic heterocycles. The largest absolute Gasteiger partial charge is 0.482 e. The van der Waals surface area contributed by atoms with Gasteiger partial charge in [-0.2, -0.15) is 0 Å². The molecule has 104 valence electrons. The van der Waals surface area contributed by atoms with Gasteiger partial charge in [-0.15, -0.1) is 0 Å². The van der Waals surface area contributed by atoms with E-state index in [1.54, 1.807) is 36.4 Å². The van der Waals surface area contributed by atoms with E-state index in [2.05, 4.69) is 10.1 Å². The third-order valence-electron chi connectivity index (χ3n) is 2.42. The highest BCUT2D eigenvalue weighted by Gasteiger charge is 2.09. The van der Waals surface area contributed by atoms with E-state index in [0.29, 0.717) is 11.4 Å². The van der Waals surface area contributed by atoms with Crippen LogP contribution in [0.25, 0.3) is 0 Å². The molecule has 0 spiro atoms. The molecule has 2 aromatic rings. The fourth-order valence-electron chi connectivity index (χ4n) is 1.47. The Bertz CT molecular complexity index is 591. The van der Waals surface area contributed by atoms with Crippen LogP contribution in [-0.4, -0.2) is 25.6 Å². The zero-order chi connectivity index (χ0) is 14.4. The van der Waals surface area contributed by atoms with Gasteiger partial charge in [0.05, 0.1) is 13.4 Å². The molecule has 1 amide bonds. The van der Waals surface area contributed by atoms with Crippen molar-refractivity contribution in [3.63, 3.8) is 0 Å². The molecule has 2 rings (SSSR count). The molecule has 6 heteroatoms. The maximum Gasteiger partial charge on any atom is 0.343 e. The molecule has 0 fully saturated rings. The minimum absolute atomic E-state index is 0.188. The summed E-state index contributed by atoms with van der Waals surface area (Å²) in [5.41, 5.74) is 0.536. The van der Waals surface area contributed by atoms with Gasteiger partial charge >= 0.3 is 5.97 Å². The van der Waals surface area contributed by atoms with E-state index in [0.717, 1.165) is 0 Å². The molecule has 0 atom stereocenters. The third-order valence-corrected chi connectivity index (χ3v) is 2.42. The molecule has 20 heavy (non-hydrogen) atoms. The van der Waals surface area contributed by atoms with Crippen molar-refractivity contribution < 1.29 is 23.5 Å². The second-order valence-corrected chi connectivity index (χ2v) is 3.82. The molecule has 0 radical (unpaired) electrons. The summed E-state index contributed by atoms with van der Waals surface area (Å²) in [5, 5.41) is 2.66. The first-order valence-corrected chi connectivity index (χ1v) is 5.83. The smallest absolute Gasteiger partial charge is 0.343 e. The van der Waals surface area contributed by atoms with E-state index >= 15 is 0 Å². The van der Waals surface area contributed by atoms with E-state index in [9.17, 15) is 9.59 Å². The van der Waals surface area contributed by atoms with Crippen molar-refractivity contribution in [2.75, 3.05) is 19.0 Å². The van der Waals surface area contributed by atoms with Crippen LogP contribution < -0.4 is 10.1 Å². The number of esters is 1. The fourth-order valence-corrected chi connectivity index (χ4v) is 1.47. The third kappa shape index (κ3) is 3.61. The van der Waals surface area contributed by atoms with Gasteiger partial charge in [0.1, 0.15) is 5.75 Å². The summed E-state index contributed by atoms with van der Waals surface area (Å²) < 4.78 is 14.7. The van der Waals surface area contributed by atoms with Crippen LogP contribution in [-0.2, 0) is 9.53 Å². The van der Waals surface area contributed by atoms with Gasteiger partial charge in [0, 0.05) is 11.8 Å². The lowest BCUT2D eigenvalue weighted by atomic mass is 10.3. The van der Waals surface area contributed by atoms with Crippen LogP contribution >= 0.6 is 0 Å². The molecule has 0 aliphatic carbocycles. The molecule has 1 aromatic heterocycles. The summed E-state index contributed by atoms with van der Waals surface area (Å²) in [6.45, 7) is -0.188. The summed E-state index contributed by atoms with van der Waals surface area (Å²) in [4.78, 5) is 22.8. The summed E-state index contributed by atoms with van der Waals surface area (Å²) in [7, 11) is 1.28. The molecule has 0 unspecified atom stereocenters. The van der Waals surface area contributed by atoms with E-state index in [1.807, 2.05) is 0 Å².